The van der Waals surface area contributed by atoms with Crippen LogP contribution in [0.3, 0.4) is 0 Å². The second-order valence-electron chi connectivity index (χ2n) is 22.1. The van der Waals surface area contributed by atoms with Gasteiger partial charge in [-0.05, 0) is 145 Å². The summed E-state index contributed by atoms with van der Waals surface area (Å²) in [7, 11) is 10.5. The zero-order valence-corrected chi connectivity index (χ0v) is 71.3. The number of aryl methyl sites for hydroxylation is 10. The van der Waals surface area contributed by atoms with E-state index >= 15 is 0 Å². The summed E-state index contributed by atoms with van der Waals surface area (Å²) in [6, 6.07) is 91.3. The minimum atomic E-state index is 0. The molecular weight excluding hydrogens is 1300 g/mol. The number of hydrogen-bond donors (Lipinski definition) is 0. The van der Waals surface area contributed by atoms with E-state index in [2.05, 4.69) is 358 Å². The lowest BCUT2D eigenvalue weighted by atomic mass is 10.00. The van der Waals surface area contributed by atoms with Crippen LogP contribution >= 0.6 is 0 Å². The first-order valence-electron chi connectivity index (χ1n) is 39.5. The van der Waals surface area contributed by atoms with E-state index in [0.717, 1.165) is 5.52 Å². The number of fused-ring (bicyclic) bond motifs is 4. The molecule has 0 unspecified atom stereocenters. The molecular formula is C101H141N6+5. The summed E-state index contributed by atoms with van der Waals surface area (Å²) in [4.78, 5) is 4.46. The number of rotatable bonds is 5. The van der Waals surface area contributed by atoms with Crippen LogP contribution in [0, 0.1) is 34.6 Å². The van der Waals surface area contributed by atoms with Gasteiger partial charge < -0.3 is 0 Å². The quantitative estimate of drug-likeness (QED) is 0.158. The minimum Gasteiger partial charge on any atom is -0.232 e. The molecule has 5 aromatic heterocycles. The van der Waals surface area contributed by atoms with Crippen LogP contribution in [0.4, 0.5) is 0 Å². The Labute approximate surface area is 652 Å². The van der Waals surface area contributed by atoms with Crippen molar-refractivity contribution in [3.05, 3.63) is 314 Å². The normalized spacial score (nSPS) is 9.14. The summed E-state index contributed by atoms with van der Waals surface area (Å²) in [5.74, 6) is 0. The van der Waals surface area contributed by atoms with Crippen LogP contribution in [-0.2, 0) is 35.2 Å². The molecule has 0 saturated carbocycles. The molecule has 0 aliphatic heterocycles. The molecule has 0 aliphatic carbocycles. The topological polar surface area (TPSA) is 32.3 Å². The van der Waals surface area contributed by atoms with Crippen LogP contribution in [0.1, 0.15) is 174 Å². The van der Waals surface area contributed by atoms with Crippen LogP contribution in [0.5, 0.6) is 0 Å². The smallest absolute Gasteiger partial charge is 0.232 e. The molecule has 0 atom stereocenters. The monoisotopic (exact) mass is 1440 g/mol. The summed E-state index contributed by atoms with van der Waals surface area (Å²) >= 11 is 0. The van der Waals surface area contributed by atoms with E-state index in [0.29, 0.717) is 0 Å². The Bertz CT molecular complexity index is 4450. The third-order valence-corrected chi connectivity index (χ3v) is 16.1. The molecule has 0 bridgehead atoms. The third-order valence-electron chi connectivity index (χ3n) is 16.1. The molecule has 6 nitrogen and oxygen atoms in total. The van der Waals surface area contributed by atoms with Gasteiger partial charge in [-0.2, -0.15) is 4.57 Å². The first-order valence-corrected chi connectivity index (χ1v) is 39.5. The van der Waals surface area contributed by atoms with Crippen LogP contribution in [0.2, 0.25) is 0 Å². The van der Waals surface area contributed by atoms with E-state index in [4.69, 9.17) is 0 Å². The molecule has 0 spiro atoms. The number of pyridine rings is 4. The van der Waals surface area contributed by atoms with Crippen molar-refractivity contribution in [3.63, 3.8) is 0 Å². The molecule has 5 heterocycles. The van der Waals surface area contributed by atoms with E-state index in [1.54, 1.807) is 0 Å². The van der Waals surface area contributed by atoms with Gasteiger partial charge in [0.15, 0.2) is 24.1 Å². The van der Waals surface area contributed by atoms with Gasteiger partial charge in [0, 0.05) is 75.0 Å². The van der Waals surface area contributed by atoms with Gasteiger partial charge in [0.05, 0.1) is 17.8 Å². The van der Waals surface area contributed by atoms with E-state index in [1.807, 2.05) is 164 Å². The molecule has 0 amide bonds. The second-order valence-corrected chi connectivity index (χ2v) is 22.1. The predicted molar refractivity (Wildman–Crippen MR) is 477 cm³/mol. The molecule has 107 heavy (non-hydrogen) atoms. The fourth-order valence-electron chi connectivity index (χ4n) is 11.4. The lowest BCUT2D eigenvalue weighted by Crippen LogP contribution is -2.32. The van der Waals surface area contributed by atoms with Gasteiger partial charge in [0.25, 0.3) is 6.33 Å². The number of aromatic nitrogens is 6. The van der Waals surface area contributed by atoms with Gasteiger partial charge in [-0.15, -0.1) is 0 Å². The van der Waals surface area contributed by atoms with Crippen molar-refractivity contribution in [1.82, 2.24) is 4.98 Å². The summed E-state index contributed by atoms with van der Waals surface area (Å²) in [5.41, 5.74) is 21.6. The Morgan fingerprint density at radius 1 is 0.243 bits per heavy atom. The fourth-order valence-corrected chi connectivity index (χ4v) is 11.4. The summed E-state index contributed by atoms with van der Waals surface area (Å²) in [5, 5.41) is 7.62. The highest BCUT2D eigenvalue weighted by Crippen LogP contribution is 2.30. The average Bonchev–Trinajstić information content (AvgIpc) is 0.804. The van der Waals surface area contributed by atoms with Crippen molar-refractivity contribution in [2.75, 3.05) is 0 Å². The Kier molecular flexibility index (Phi) is 53.5. The maximum atomic E-state index is 4.46. The van der Waals surface area contributed by atoms with E-state index in [-0.39, 0.29) is 7.43 Å². The van der Waals surface area contributed by atoms with Gasteiger partial charge in [-0.3, -0.25) is 0 Å². The molecule has 9 aromatic carbocycles. The SMILES string of the molecule is C.CC.CC.CC.CC.CC.CC.CC.CC.CC.CC.Cc1ccccc1-c1c2ccccc2cc[n+]1C.Cc1ccccc1-c1c2ccccc2nc[n+]1C.Cc1ccccc1-c1cc2ccccc2c[n+]1C.Cc1ccccc1-c1ccc2ccccc2[n+]1C.Cc1ccccc1-c1cccc[n+]1C. The largest absolute Gasteiger partial charge is 0.287 e. The average molecular weight is 1440 g/mol. The summed E-state index contributed by atoms with van der Waals surface area (Å²) in [6.07, 6.45) is 8.27. The summed E-state index contributed by atoms with van der Waals surface area (Å²) < 4.78 is 10.9. The summed E-state index contributed by atoms with van der Waals surface area (Å²) in [6.45, 7) is 50.8. The fraction of sp³-hybridized carbons (Fsp3) is 0.307. The molecule has 0 aliphatic rings. The van der Waals surface area contributed by atoms with Crippen LogP contribution in [0.25, 0.3) is 99.6 Å². The van der Waals surface area contributed by atoms with Gasteiger partial charge in [-0.25, -0.2) is 18.3 Å². The molecule has 0 fully saturated rings. The van der Waals surface area contributed by atoms with Gasteiger partial charge >= 0.3 is 0 Å². The Balaban J connectivity index is 0. The molecule has 14 aromatic rings. The van der Waals surface area contributed by atoms with Crippen LogP contribution in [0.15, 0.2) is 286 Å². The Hall–Kier alpha value is -10.3. The van der Waals surface area contributed by atoms with Gasteiger partial charge in [0.2, 0.25) is 28.3 Å². The van der Waals surface area contributed by atoms with Crippen molar-refractivity contribution < 1.29 is 22.8 Å². The highest BCUT2D eigenvalue weighted by atomic mass is 15.0. The maximum Gasteiger partial charge on any atom is 0.287 e. The van der Waals surface area contributed by atoms with E-state index in [9.17, 15) is 0 Å². The highest BCUT2D eigenvalue weighted by Gasteiger charge is 2.19. The highest BCUT2D eigenvalue weighted by molar-refractivity contribution is 5.94. The molecule has 14 rings (SSSR count). The third kappa shape index (κ3) is 28.8. The van der Waals surface area contributed by atoms with Crippen molar-refractivity contribution in [3.8, 4) is 56.3 Å². The number of para-hydroxylation sites is 2. The maximum absolute atomic E-state index is 4.46. The molecule has 6 heteroatoms. The lowest BCUT2D eigenvalue weighted by Gasteiger charge is -2.08. The number of benzene rings is 9. The predicted octanol–water partition coefficient (Wildman–Crippen LogP) is 27.3. The standard InChI is InChI=1S/3C17H16N.C16H15N2.C13H14N.10C2H6.CH4/c1-13-7-3-6-10-16(13)17-11-14-8-4-5-9-15(14)12-18(17)2;1-13-7-3-5-9-15(13)17-16-10-6-4-8-14(16)11-12-18(17)2;1-13-7-3-5-9-15(13)17-12-11-14-8-4-6-10-16(14)18(17)2;1-12-7-3-4-8-13(12)16-14-9-5-6-10-15(14)17-11-18(16)2;1-11-7-3-4-8-12(11)13-9-5-6-10-14(13)2;10*1-2;/h3*3-12H,1-2H3;3-11H,1-2H3;3-10H,1-2H3;10*1-2H3;1H4/q5*+1;;;;;;;;;;;. The molecule has 0 saturated heterocycles. The Morgan fingerprint density at radius 3 is 1.07 bits per heavy atom. The van der Waals surface area contributed by atoms with Gasteiger partial charge in [0.1, 0.15) is 33.9 Å². The van der Waals surface area contributed by atoms with E-state index < -0.39 is 0 Å². The van der Waals surface area contributed by atoms with Crippen molar-refractivity contribution in [2.24, 2.45) is 35.2 Å². The number of hydrogen-bond acceptors (Lipinski definition) is 1. The van der Waals surface area contributed by atoms with Crippen molar-refractivity contribution >= 4 is 43.4 Å². The van der Waals surface area contributed by atoms with Crippen molar-refractivity contribution in [1.29, 1.82) is 0 Å². The van der Waals surface area contributed by atoms with Gasteiger partial charge in [-0.1, -0.05) is 304 Å². The Morgan fingerprint density at radius 2 is 0.598 bits per heavy atom. The number of nitrogens with zero attached hydrogens (tertiary/aromatic N) is 6. The van der Waals surface area contributed by atoms with E-state index in [1.165, 1.54) is 122 Å². The minimum absolute atomic E-state index is 0. The molecule has 0 N–H and O–H groups in total. The second kappa shape index (κ2) is 57.9. The lowest BCUT2D eigenvalue weighted by molar-refractivity contribution is -0.662. The van der Waals surface area contributed by atoms with Crippen LogP contribution in [-0.4, -0.2) is 4.98 Å². The first kappa shape index (κ1) is 98.8. The zero-order chi connectivity index (χ0) is 80.1. The zero-order valence-electron chi connectivity index (χ0n) is 71.3. The molecule has 570 valence electrons. The van der Waals surface area contributed by atoms with Crippen LogP contribution < -0.4 is 22.8 Å². The van der Waals surface area contributed by atoms with Crippen molar-refractivity contribution in [2.45, 2.75) is 181 Å². The first-order chi connectivity index (χ1) is 51.9. The molecule has 0 radical (unpaired) electrons.